The van der Waals surface area contributed by atoms with E-state index < -0.39 is 21.8 Å². The topological polar surface area (TPSA) is 150 Å². The van der Waals surface area contributed by atoms with Crippen LogP contribution in [0.2, 0.25) is 0 Å². The molecule has 2 amide bonds. The fraction of sp³-hybridized carbons (Fsp3) is 0.105. The lowest BCUT2D eigenvalue weighted by atomic mass is 10.1. The monoisotopic (exact) mass is 479 g/mol. The Kier molecular flexibility index (Phi) is 6.65. The second-order valence-corrected chi connectivity index (χ2v) is 9.68. The molecule has 1 heterocycles. The second-order valence-electron chi connectivity index (χ2n) is 6.44. The third-order valence-corrected chi connectivity index (χ3v) is 6.51. The van der Waals surface area contributed by atoms with Crippen LogP contribution in [0.1, 0.15) is 12.0 Å². The fourth-order valence-corrected chi connectivity index (χ4v) is 4.47. The van der Waals surface area contributed by atoms with Crippen LogP contribution in [0.3, 0.4) is 0 Å². The molecule has 0 aliphatic carbocycles. The number of sulfonamides is 1. The summed E-state index contributed by atoms with van der Waals surface area (Å²) >= 11 is 6.26. The molecule has 1 aliphatic rings. The van der Waals surface area contributed by atoms with E-state index in [0.717, 1.165) is 17.8 Å². The number of hydrogen-bond donors (Lipinski definition) is 4. The van der Waals surface area contributed by atoms with Crippen molar-refractivity contribution in [3.63, 3.8) is 0 Å². The SMILES string of the molecule is NS(=O)(=O)c1ccc(NC(=O)CCN2C(=O)/C(=C/c3ccc(O)cc3O)SC2=S)cc1. The van der Waals surface area contributed by atoms with Gasteiger partial charge in [0.05, 0.1) is 9.80 Å². The number of nitrogens with two attached hydrogens (primary N) is 1. The minimum atomic E-state index is -3.82. The van der Waals surface area contributed by atoms with E-state index in [1.54, 1.807) is 0 Å². The molecular formula is C19H17N3O6S3. The Hall–Kier alpha value is -2.93. The molecule has 2 aromatic rings. The summed E-state index contributed by atoms with van der Waals surface area (Å²) in [6, 6.07) is 9.37. The Labute approximate surface area is 187 Å². The molecule has 0 spiro atoms. The third kappa shape index (κ3) is 5.61. The predicted molar refractivity (Wildman–Crippen MR) is 121 cm³/mol. The highest BCUT2D eigenvalue weighted by Gasteiger charge is 2.32. The van der Waals surface area contributed by atoms with Gasteiger partial charge in [0.1, 0.15) is 15.8 Å². The zero-order valence-electron chi connectivity index (χ0n) is 15.8. The number of aromatic hydroxyl groups is 2. The first kappa shape index (κ1) is 22.7. The maximum Gasteiger partial charge on any atom is 0.266 e. The molecule has 5 N–H and O–H groups in total. The number of anilines is 1. The van der Waals surface area contributed by atoms with Gasteiger partial charge in [-0.2, -0.15) is 0 Å². The lowest BCUT2D eigenvalue weighted by Crippen LogP contribution is -2.31. The number of phenolic OH excluding ortho intramolecular Hbond substituents is 2. The van der Waals surface area contributed by atoms with Crippen molar-refractivity contribution < 1.29 is 28.2 Å². The van der Waals surface area contributed by atoms with Crippen LogP contribution >= 0.6 is 24.0 Å². The first-order valence-corrected chi connectivity index (χ1v) is 11.5. The van der Waals surface area contributed by atoms with Crippen LogP contribution in [0, 0.1) is 0 Å². The Morgan fingerprint density at radius 1 is 1.19 bits per heavy atom. The van der Waals surface area contributed by atoms with Gasteiger partial charge in [-0.3, -0.25) is 14.5 Å². The Balaban J connectivity index is 1.61. The van der Waals surface area contributed by atoms with Gasteiger partial charge < -0.3 is 15.5 Å². The number of amides is 2. The summed E-state index contributed by atoms with van der Waals surface area (Å²) in [5.41, 5.74) is 0.726. The minimum Gasteiger partial charge on any atom is -0.508 e. The lowest BCUT2D eigenvalue weighted by molar-refractivity contribution is -0.122. The van der Waals surface area contributed by atoms with Crippen molar-refractivity contribution >= 4 is 61.9 Å². The van der Waals surface area contributed by atoms with Crippen molar-refractivity contribution in [1.29, 1.82) is 0 Å². The van der Waals surface area contributed by atoms with E-state index in [1.807, 2.05) is 0 Å². The number of carbonyl (C=O) groups excluding carboxylic acids is 2. The van der Waals surface area contributed by atoms with Gasteiger partial charge in [0.25, 0.3) is 5.91 Å². The number of nitrogens with one attached hydrogen (secondary N) is 1. The van der Waals surface area contributed by atoms with Gasteiger partial charge in [-0.25, -0.2) is 13.6 Å². The molecule has 12 heteroatoms. The highest BCUT2D eigenvalue weighted by Crippen LogP contribution is 2.34. The van der Waals surface area contributed by atoms with Crippen LogP contribution in [0.15, 0.2) is 52.3 Å². The molecule has 31 heavy (non-hydrogen) atoms. The van der Waals surface area contributed by atoms with E-state index in [4.69, 9.17) is 17.4 Å². The van der Waals surface area contributed by atoms with Crippen LogP contribution in [-0.4, -0.2) is 46.2 Å². The van der Waals surface area contributed by atoms with Gasteiger partial charge in [0.15, 0.2) is 0 Å². The van der Waals surface area contributed by atoms with Crippen molar-refractivity contribution in [2.75, 3.05) is 11.9 Å². The van der Waals surface area contributed by atoms with Crippen LogP contribution in [-0.2, 0) is 19.6 Å². The van der Waals surface area contributed by atoms with Gasteiger partial charge in [-0.15, -0.1) is 0 Å². The molecule has 0 atom stereocenters. The normalized spacial score (nSPS) is 15.5. The predicted octanol–water partition coefficient (Wildman–Crippen LogP) is 1.98. The molecule has 0 bridgehead atoms. The van der Waals surface area contributed by atoms with E-state index in [0.29, 0.717) is 11.3 Å². The van der Waals surface area contributed by atoms with E-state index >= 15 is 0 Å². The smallest absolute Gasteiger partial charge is 0.266 e. The number of benzene rings is 2. The number of nitrogens with zero attached hydrogens (tertiary/aromatic N) is 1. The van der Waals surface area contributed by atoms with Crippen molar-refractivity contribution in [3.8, 4) is 11.5 Å². The van der Waals surface area contributed by atoms with Crippen molar-refractivity contribution in [2.45, 2.75) is 11.3 Å². The molecule has 2 aromatic carbocycles. The van der Waals surface area contributed by atoms with Gasteiger partial charge in [0, 0.05) is 30.3 Å². The zero-order chi connectivity index (χ0) is 22.8. The van der Waals surface area contributed by atoms with Gasteiger partial charge in [-0.1, -0.05) is 24.0 Å². The number of hydrogen-bond acceptors (Lipinski definition) is 8. The highest BCUT2D eigenvalue weighted by atomic mass is 32.2. The largest absolute Gasteiger partial charge is 0.508 e. The number of primary sulfonamides is 1. The maximum absolute atomic E-state index is 12.6. The molecule has 162 valence electrons. The molecule has 1 saturated heterocycles. The zero-order valence-corrected chi connectivity index (χ0v) is 18.3. The van der Waals surface area contributed by atoms with E-state index in [-0.39, 0.29) is 38.6 Å². The van der Waals surface area contributed by atoms with Gasteiger partial charge >= 0.3 is 0 Å². The summed E-state index contributed by atoms with van der Waals surface area (Å²) in [7, 11) is -3.82. The average Bonchev–Trinajstić information content (AvgIpc) is 2.95. The maximum atomic E-state index is 12.6. The van der Waals surface area contributed by atoms with Gasteiger partial charge in [0.2, 0.25) is 15.9 Å². The molecule has 0 radical (unpaired) electrons. The molecule has 0 aromatic heterocycles. The van der Waals surface area contributed by atoms with Crippen LogP contribution in [0.4, 0.5) is 5.69 Å². The molecule has 0 saturated carbocycles. The van der Waals surface area contributed by atoms with Crippen LogP contribution in [0.5, 0.6) is 11.5 Å². The highest BCUT2D eigenvalue weighted by molar-refractivity contribution is 8.26. The molecule has 3 rings (SSSR count). The first-order chi connectivity index (χ1) is 14.5. The standard InChI is InChI=1S/C19H17N3O6S3/c20-31(27,28)14-5-2-12(3-6-14)21-17(25)7-8-22-18(26)16(30-19(22)29)9-11-1-4-13(23)10-15(11)24/h1-6,9-10,23-24H,7-8H2,(H,21,25)(H2,20,27,28)/b16-9-. The van der Waals surface area contributed by atoms with E-state index in [2.05, 4.69) is 5.32 Å². The van der Waals surface area contributed by atoms with Crippen molar-refractivity contribution in [3.05, 3.63) is 52.9 Å². The quantitative estimate of drug-likeness (QED) is 0.363. The molecule has 0 unspecified atom stereocenters. The summed E-state index contributed by atoms with van der Waals surface area (Å²) < 4.78 is 22.8. The number of thioether (sulfide) groups is 1. The molecule has 9 nitrogen and oxygen atoms in total. The third-order valence-electron chi connectivity index (χ3n) is 4.20. The fourth-order valence-electron chi connectivity index (χ4n) is 2.65. The number of rotatable bonds is 6. The Morgan fingerprint density at radius 2 is 1.87 bits per heavy atom. The first-order valence-electron chi connectivity index (χ1n) is 8.74. The van der Waals surface area contributed by atoms with E-state index in [9.17, 15) is 28.2 Å². The number of phenols is 2. The summed E-state index contributed by atoms with van der Waals surface area (Å²) in [5.74, 6) is -1.07. The number of carbonyl (C=O) groups is 2. The second kappa shape index (κ2) is 9.06. The van der Waals surface area contributed by atoms with Gasteiger partial charge in [-0.05, 0) is 42.5 Å². The molecule has 1 fully saturated rings. The summed E-state index contributed by atoms with van der Waals surface area (Å²) in [4.78, 5) is 26.3. The number of thiocarbonyl (C=S) groups is 1. The van der Waals surface area contributed by atoms with Crippen molar-refractivity contribution in [1.82, 2.24) is 4.90 Å². The molecule has 1 aliphatic heterocycles. The summed E-state index contributed by atoms with van der Waals surface area (Å²) in [5, 5.41) is 26.9. The van der Waals surface area contributed by atoms with Crippen LogP contribution in [0.25, 0.3) is 6.08 Å². The Bertz CT molecular complexity index is 1190. The Morgan fingerprint density at radius 3 is 2.48 bits per heavy atom. The summed E-state index contributed by atoms with van der Waals surface area (Å²) in [6.07, 6.45) is 1.42. The van der Waals surface area contributed by atoms with Crippen LogP contribution < -0.4 is 10.5 Å². The summed E-state index contributed by atoms with van der Waals surface area (Å²) in [6.45, 7) is 0.0463. The average molecular weight is 480 g/mol. The minimum absolute atomic E-state index is 0.0406. The lowest BCUT2D eigenvalue weighted by Gasteiger charge is -2.14. The van der Waals surface area contributed by atoms with Crippen molar-refractivity contribution in [2.24, 2.45) is 5.14 Å². The molecular weight excluding hydrogens is 462 g/mol. The van der Waals surface area contributed by atoms with E-state index in [1.165, 1.54) is 47.4 Å².